The van der Waals surface area contributed by atoms with Crippen LogP contribution in [0.4, 0.5) is 0 Å². The Kier molecular flexibility index (Phi) is 7.15. The SMILES string of the molecule is CCOC(=O)CCCCCC(=O)N1CCC[C@H]1C=O. The van der Waals surface area contributed by atoms with E-state index in [-0.39, 0.29) is 17.9 Å². The molecule has 0 radical (unpaired) electrons. The zero-order chi connectivity index (χ0) is 14.1. The molecule has 0 aromatic heterocycles. The first kappa shape index (κ1) is 15.7. The monoisotopic (exact) mass is 269 g/mol. The minimum Gasteiger partial charge on any atom is -0.466 e. The summed E-state index contributed by atoms with van der Waals surface area (Å²) in [4.78, 5) is 35.5. The van der Waals surface area contributed by atoms with Gasteiger partial charge in [-0.25, -0.2) is 0 Å². The van der Waals surface area contributed by atoms with Gasteiger partial charge in [-0.05, 0) is 32.6 Å². The van der Waals surface area contributed by atoms with Crippen LogP contribution in [0.5, 0.6) is 0 Å². The number of unbranched alkanes of at least 4 members (excludes halogenated alkanes) is 2. The number of esters is 1. The average Bonchev–Trinajstić information content (AvgIpc) is 2.86. The van der Waals surface area contributed by atoms with Crippen LogP contribution in [0.15, 0.2) is 0 Å². The molecule has 0 N–H and O–H groups in total. The van der Waals surface area contributed by atoms with Crippen molar-refractivity contribution in [3.8, 4) is 0 Å². The van der Waals surface area contributed by atoms with Crippen LogP contribution in [0.25, 0.3) is 0 Å². The summed E-state index contributed by atoms with van der Waals surface area (Å²) in [5.41, 5.74) is 0. The molecule has 108 valence electrons. The van der Waals surface area contributed by atoms with Gasteiger partial charge in [0.15, 0.2) is 0 Å². The fourth-order valence-corrected chi connectivity index (χ4v) is 2.34. The lowest BCUT2D eigenvalue weighted by molar-refractivity contribution is -0.143. The van der Waals surface area contributed by atoms with E-state index in [1.165, 1.54) is 0 Å². The third kappa shape index (κ3) is 5.41. The van der Waals surface area contributed by atoms with E-state index < -0.39 is 0 Å². The minimum atomic E-state index is -0.216. The molecular weight excluding hydrogens is 246 g/mol. The van der Waals surface area contributed by atoms with Crippen LogP contribution in [-0.2, 0) is 19.1 Å². The lowest BCUT2D eigenvalue weighted by Gasteiger charge is -2.20. The van der Waals surface area contributed by atoms with E-state index in [1.54, 1.807) is 11.8 Å². The van der Waals surface area contributed by atoms with Crippen LogP contribution in [0.2, 0.25) is 0 Å². The molecule has 0 unspecified atom stereocenters. The predicted octanol–water partition coefficient (Wildman–Crippen LogP) is 1.69. The molecule has 5 nitrogen and oxygen atoms in total. The van der Waals surface area contributed by atoms with Crippen molar-refractivity contribution in [2.75, 3.05) is 13.2 Å². The Bertz CT molecular complexity index is 317. The van der Waals surface area contributed by atoms with Gasteiger partial charge in [0.05, 0.1) is 12.6 Å². The number of hydrogen-bond acceptors (Lipinski definition) is 4. The normalized spacial score (nSPS) is 18.4. The fraction of sp³-hybridized carbons (Fsp3) is 0.786. The second-order valence-electron chi connectivity index (χ2n) is 4.80. The zero-order valence-electron chi connectivity index (χ0n) is 11.6. The van der Waals surface area contributed by atoms with E-state index in [2.05, 4.69) is 0 Å². The van der Waals surface area contributed by atoms with Gasteiger partial charge in [-0.1, -0.05) is 6.42 Å². The Hall–Kier alpha value is -1.39. The lowest BCUT2D eigenvalue weighted by Crippen LogP contribution is -2.36. The van der Waals surface area contributed by atoms with Crippen LogP contribution in [0, 0.1) is 0 Å². The Morgan fingerprint density at radius 2 is 2.00 bits per heavy atom. The summed E-state index contributed by atoms with van der Waals surface area (Å²) in [5, 5.41) is 0. The zero-order valence-corrected chi connectivity index (χ0v) is 11.6. The fourth-order valence-electron chi connectivity index (χ4n) is 2.34. The van der Waals surface area contributed by atoms with Crippen LogP contribution in [0.1, 0.15) is 51.9 Å². The summed E-state index contributed by atoms with van der Waals surface area (Å²) < 4.78 is 4.83. The molecule has 0 aromatic rings. The van der Waals surface area contributed by atoms with Crippen LogP contribution < -0.4 is 0 Å². The van der Waals surface area contributed by atoms with Crippen molar-refractivity contribution in [2.24, 2.45) is 0 Å². The maximum atomic E-state index is 11.9. The van der Waals surface area contributed by atoms with E-state index in [0.717, 1.165) is 38.4 Å². The standard InChI is InChI=1S/C14H23NO4/c1-2-19-14(18)9-5-3-4-8-13(17)15-10-6-7-12(15)11-16/h11-12H,2-10H2,1H3/t12-/m0/s1. The molecule has 1 saturated heterocycles. The number of nitrogens with zero attached hydrogens (tertiary/aromatic N) is 1. The van der Waals surface area contributed by atoms with Gasteiger partial charge >= 0.3 is 5.97 Å². The molecule has 0 aliphatic carbocycles. The van der Waals surface area contributed by atoms with Gasteiger partial charge in [-0.3, -0.25) is 9.59 Å². The van der Waals surface area contributed by atoms with Crippen molar-refractivity contribution in [1.82, 2.24) is 4.90 Å². The summed E-state index contributed by atoms with van der Waals surface area (Å²) in [6.45, 7) is 2.90. The molecule has 0 saturated carbocycles. The number of ether oxygens (including phenoxy) is 1. The minimum absolute atomic E-state index is 0.0609. The lowest BCUT2D eigenvalue weighted by atomic mass is 10.1. The molecule has 1 aliphatic rings. The third-order valence-electron chi connectivity index (χ3n) is 3.35. The van der Waals surface area contributed by atoms with Gasteiger partial charge < -0.3 is 14.4 Å². The average molecular weight is 269 g/mol. The first-order valence-electron chi connectivity index (χ1n) is 7.09. The van der Waals surface area contributed by atoms with Crippen LogP contribution in [0.3, 0.4) is 0 Å². The molecule has 1 atom stereocenters. The van der Waals surface area contributed by atoms with Crippen molar-refractivity contribution in [2.45, 2.75) is 57.9 Å². The molecule has 1 rings (SSSR count). The van der Waals surface area contributed by atoms with Crippen molar-refractivity contribution in [3.05, 3.63) is 0 Å². The topological polar surface area (TPSA) is 63.7 Å². The van der Waals surface area contributed by atoms with Crippen molar-refractivity contribution >= 4 is 18.2 Å². The smallest absolute Gasteiger partial charge is 0.305 e. The van der Waals surface area contributed by atoms with Gasteiger partial charge in [0, 0.05) is 19.4 Å². The molecule has 1 fully saturated rings. The third-order valence-corrected chi connectivity index (χ3v) is 3.35. The van der Waals surface area contributed by atoms with Gasteiger partial charge in [-0.15, -0.1) is 0 Å². The van der Waals surface area contributed by atoms with Gasteiger partial charge in [0.25, 0.3) is 0 Å². The van der Waals surface area contributed by atoms with Crippen LogP contribution in [-0.4, -0.2) is 42.3 Å². The van der Waals surface area contributed by atoms with Gasteiger partial charge in [0.2, 0.25) is 5.91 Å². The molecule has 19 heavy (non-hydrogen) atoms. The maximum Gasteiger partial charge on any atom is 0.305 e. The van der Waals surface area contributed by atoms with Gasteiger partial charge in [-0.2, -0.15) is 0 Å². The Balaban J connectivity index is 2.10. The summed E-state index contributed by atoms with van der Waals surface area (Å²) in [6.07, 6.45) is 5.81. The highest BCUT2D eigenvalue weighted by Gasteiger charge is 2.27. The number of aldehydes is 1. The number of rotatable bonds is 8. The maximum absolute atomic E-state index is 11.9. The van der Waals surface area contributed by atoms with Crippen molar-refractivity contribution < 1.29 is 19.1 Å². The molecule has 0 bridgehead atoms. The van der Waals surface area contributed by atoms with Crippen LogP contribution >= 0.6 is 0 Å². The van der Waals surface area contributed by atoms with E-state index >= 15 is 0 Å². The van der Waals surface area contributed by atoms with Gasteiger partial charge in [0.1, 0.15) is 6.29 Å². The van der Waals surface area contributed by atoms with E-state index in [9.17, 15) is 14.4 Å². The number of carbonyl (C=O) groups is 3. The summed E-state index contributed by atoms with van der Waals surface area (Å²) in [7, 11) is 0. The quantitative estimate of drug-likeness (QED) is 0.382. The highest BCUT2D eigenvalue weighted by atomic mass is 16.5. The molecular formula is C14H23NO4. The summed E-state index contributed by atoms with van der Waals surface area (Å²) in [5.74, 6) is -0.111. The molecule has 0 aromatic carbocycles. The van der Waals surface area contributed by atoms with Crippen molar-refractivity contribution in [3.63, 3.8) is 0 Å². The van der Waals surface area contributed by atoms with Crippen molar-refractivity contribution in [1.29, 1.82) is 0 Å². The largest absolute Gasteiger partial charge is 0.466 e. The number of carbonyl (C=O) groups excluding carboxylic acids is 3. The molecule has 0 spiro atoms. The highest BCUT2D eigenvalue weighted by molar-refractivity contribution is 5.80. The first-order valence-corrected chi connectivity index (χ1v) is 7.09. The number of hydrogen-bond donors (Lipinski definition) is 0. The van der Waals surface area contributed by atoms with E-state index in [4.69, 9.17) is 4.74 Å². The summed E-state index contributed by atoms with van der Waals surface area (Å²) in [6, 6.07) is -0.216. The second kappa shape index (κ2) is 8.67. The number of amides is 1. The van der Waals surface area contributed by atoms with E-state index in [0.29, 0.717) is 26.0 Å². The second-order valence-corrected chi connectivity index (χ2v) is 4.80. The highest BCUT2D eigenvalue weighted by Crippen LogP contribution is 2.17. The Morgan fingerprint density at radius 1 is 1.26 bits per heavy atom. The Labute approximate surface area is 114 Å². The Morgan fingerprint density at radius 3 is 2.68 bits per heavy atom. The first-order chi connectivity index (χ1) is 9.19. The predicted molar refractivity (Wildman–Crippen MR) is 70.5 cm³/mol. The molecule has 1 amide bonds. The van der Waals surface area contributed by atoms with E-state index in [1.807, 2.05) is 0 Å². The molecule has 5 heteroatoms. The number of likely N-dealkylation sites (tertiary alicyclic amines) is 1. The molecule has 1 aliphatic heterocycles. The summed E-state index contributed by atoms with van der Waals surface area (Å²) >= 11 is 0. The molecule has 1 heterocycles.